The van der Waals surface area contributed by atoms with Crippen molar-refractivity contribution in [2.45, 2.75) is 19.1 Å². The summed E-state index contributed by atoms with van der Waals surface area (Å²) in [5.41, 5.74) is 5.69. The van der Waals surface area contributed by atoms with Gasteiger partial charge in [-0.05, 0) is 42.8 Å². The van der Waals surface area contributed by atoms with E-state index in [1.165, 1.54) is 17.3 Å². The molecule has 0 saturated heterocycles. The highest BCUT2D eigenvalue weighted by Gasteiger charge is 2.21. The second kappa shape index (κ2) is 11.4. The van der Waals surface area contributed by atoms with Gasteiger partial charge in [-0.15, -0.1) is 0 Å². The van der Waals surface area contributed by atoms with Gasteiger partial charge in [0, 0.05) is 24.1 Å². The van der Waals surface area contributed by atoms with Gasteiger partial charge in [-0.25, -0.2) is 9.97 Å². The number of allylic oxidation sites excluding steroid dienone is 1. The Morgan fingerprint density at radius 3 is 2.18 bits per heavy atom. The van der Waals surface area contributed by atoms with Gasteiger partial charge in [-0.2, -0.15) is 0 Å². The standard InChI is InChI=1S/C28H27N5S/c1-20(31-23-14-8-4-9-15-23)26(27(29)34-21(2)22-12-6-3-7-13-22)25-18-19-30-28(33-25)32-24-16-10-5-11-17-24/h3-19,21,29,31H,1-2H3,(H,30,32,33)/p+1. The van der Waals surface area contributed by atoms with Crippen LogP contribution in [0.25, 0.3) is 5.57 Å². The second-order valence-electron chi connectivity index (χ2n) is 7.87. The number of rotatable bonds is 8. The summed E-state index contributed by atoms with van der Waals surface area (Å²) in [4.78, 5) is 9.17. The molecule has 0 saturated carbocycles. The van der Waals surface area contributed by atoms with Crippen LogP contribution in [-0.2, 0) is 0 Å². The Morgan fingerprint density at radius 1 is 0.882 bits per heavy atom. The lowest BCUT2D eigenvalue weighted by Gasteiger charge is -2.16. The molecule has 4 N–H and O–H groups in total. The zero-order chi connectivity index (χ0) is 23.8. The summed E-state index contributed by atoms with van der Waals surface area (Å²) in [7, 11) is 0. The third kappa shape index (κ3) is 6.19. The summed E-state index contributed by atoms with van der Waals surface area (Å²) in [5, 5.41) is 15.0. The first-order valence-corrected chi connectivity index (χ1v) is 12.0. The highest BCUT2D eigenvalue weighted by Crippen LogP contribution is 2.34. The van der Waals surface area contributed by atoms with Crippen LogP contribution in [0.5, 0.6) is 0 Å². The summed E-state index contributed by atoms with van der Waals surface area (Å²) < 4.78 is 0. The molecular formula is C28H28N5S+. The zero-order valence-electron chi connectivity index (χ0n) is 19.3. The number of hydrogen-bond acceptors (Lipinski definition) is 5. The predicted octanol–water partition coefficient (Wildman–Crippen LogP) is 6.32. The molecule has 0 aliphatic heterocycles. The van der Waals surface area contributed by atoms with E-state index in [2.05, 4.69) is 46.8 Å². The summed E-state index contributed by atoms with van der Waals surface area (Å²) in [6.45, 7) is 4.17. The molecule has 0 bridgehead atoms. The van der Waals surface area contributed by atoms with E-state index < -0.39 is 0 Å². The Bertz CT molecular complexity index is 1260. The van der Waals surface area contributed by atoms with Crippen LogP contribution in [0.4, 0.5) is 17.3 Å². The van der Waals surface area contributed by atoms with Crippen molar-refractivity contribution in [3.63, 3.8) is 0 Å². The van der Waals surface area contributed by atoms with Gasteiger partial charge in [0.05, 0.1) is 11.3 Å². The molecule has 0 aliphatic carbocycles. The van der Waals surface area contributed by atoms with Crippen LogP contribution >= 0.6 is 11.8 Å². The lowest BCUT2D eigenvalue weighted by atomic mass is 10.1. The minimum atomic E-state index is 0.136. The fourth-order valence-electron chi connectivity index (χ4n) is 3.61. The highest BCUT2D eigenvalue weighted by atomic mass is 32.2. The highest BCUT2D eigenvalue weighted by molar-refractivity contribution is 8.15. The molecule has 3 aromatic carbocycles. The minimum Gasteiger partial charge on any atom is -0.324 e. The van der Waals surface area contributed by atoms with Crippen LogP contribution in [0, 0.1) is 5.41 Å². The van der Waals surface area contributed by atoms with E-state index in [1.54, 1.807) is 6.20 Å². The normalized spacial score (nSPS) is 12.5. The average molecular weight is 467 g/mol. The molecule has 0 fully saturated rings. The molecule has 34 heavy (non-hydrogen) atoms. The Hall–Kier alpha value is -3.74. The molecule has 1 unspecified atom stereocenters. The summed E-state index contributed by atoms with van der Waals surface area (Å²) in [5.74, 6) is 0.502. The number of benzene rings is 3. The molecule has 5 nitrogen and oxygen atoms in total. The van der Waals surface area contributed by atoms with Crippen molar-refractivity contribution >= 4 is 39.7 Å². The number of quaternary nitrogens is 1. The predicted molar refractivity (Wildman–Crippen MR) is 143 cm³/mol. The number of anilines is 2. The van der Waals surface area contributed by atoms with Crippen LogP contribution in [0.2, 0.25) is 0 Å². The lowest BCUT2D eigenvalue weighted by molar-refractivity contribution is -0.516. The van der Waals surface area contributed by atoms with Gasteiger partial charge in [-0.1, -0.05) is 78.5 Å². The third-order valence-corrected chi connectivity index (χ3v) is 6.37. The molecule has 1 aromatic heterocycles. The van der Waals surface area contributed by atoms with Crippen molar-refractivity contribution < 1.29 is 5.32 Å². The van der Waals surface area contributed by atoms with Crippen LogP contribution in [-0.4, -0.2) is 15.0 Å². The van der Waals surface area contributed by atoms with E-state index in [1.807, 2.05) is 79.7 Å². The van der Waals surface area contributed by atoms with E-state index >= 15 is 0 Å². The first-order valence-electron chi connectivity index (χ1n) is 11.2. The number of nitrogens with zero attached hydrogens (tertiary/aromatic N) is 2. The lowest BCUT2D eigenvalue weighted by Crippen LogP contribution is -2.75. The Labute approximate surface area is 204 Å². The summed E-state index contributed by atoms with van der Waals surface area (Å²) in [6.07, 6.45) is 1.74. The number of hydrogen-bond donors (Lipinski definition) is 3. The molecule has 4 rings (SSSR count). The average Bonchev–Trinajstić information content (AvgIpc) is 2.86. The molecule has 0 radical (unpaired) electrons. The van der Waals surface area contributed by atoms with Gasteiger partial charge in [0.15, 0.2) is 0 Å². The maximum absolute atomic E-state index is 9.06. The number of aromatic nitrogens is 2. The van der Waals surface area contributed by atoms with Gasteiger partial charge in [-0.3, -0.25) is 10.7 Å². The Kier molecular flexibility index (Phi) is 7.86. The van der Waals surface area contributed by atoms with Crippen LogP contribution < -0.4 is 10.6 Å². The molecule has 170 valence electrons. The maximum atomic E-state index is 9.06. The molecule has 6 heteroatoms. The minimum absolute atomic E-state index is 0.136. The summed E-state index contributed by atoms with van der Waals surface area (Å²) >= 11 is 1.53. The van der Waals surface area contributed by atoms with Crippen molar-refractivity contribution in [2.24, 2.45) is 0 Å². The van der Waals surface area contributed by atoms with Crippen molar-refractivity contribution in [3.05, 3.63) is 120 Å². The molecule has 4 aromatic rings. The molecule has 0 amide bonds. The molecular weight excluding hydrogens is 438 g/mol. The van der Waals surface area contributed by atoms with Crippen molar-refractivity contribution in [1.29, 1.82) is 5.41 Å². The Balaban J connectivity index is 1.67. The van der Waals surface area contributed by atoms with Crippen LogP contribution in [0.1, 0.15) is 30.4 Å². The van der Waals surface area contributed by atoms with E-state index in [0.29, 0.717) is 11.0 Å². The van der Waals surface area contributed by atoms with Gasteiger partial charge >= 0.3 is 0 Å². The largest absolute Gasteiger partial charge is 0.324 e. The monoisotopic (exact) mass is 466 g/mol. The first-order chi connectivity index (χ1) is 16.6. The molecule has 1 heterocycles. The third-order valence-electron chi connectivity index (χ3n) is 5.31. The quantitative estimate of drug-likeness (QED) is 0.161. The van der Waals surface area contributed by atoms with Gasteiger partial charge in [0.25, 0.3) is 0 Å². The fourth-order valence-corrected chi connectivity index (χ4v) is 4.64. The van der Waals surface area contributed by atoms with E-state index in [4.69, 9.17) is 10.4 Å². The van der Waals surface area contributed by atoms with Crippen molar-refractivity contribution in [3.8, 4) is 0 Å². The fraction of sp³-hybridized carbons (Fsp3) is 0.107. The van der Waals surface area contributed by atoms with Gasteiger partial charge in [0.2, 0.25) is 5.95 Å². The SMILES string of the molecule is CC([NH2+]c1ccccc1)=C(C(=N)SC(C)c1ccccc1)c1ccnc(Nc2ccccc2)n1. The first kappa shape index (κ1) is 23.4. The molecule has 1 atom stereocenters. The number of nitrogens with one attached hydrogen (secondary N) is 2. The number of thioether (sulfide) groups is 1. The topological polar surface area (TPSA) is 78.3 Å². The zero-order valence-corrected chi connectivity index (χ0v) is 20.1. The number of para-hydroxylation sites is 2. The number of nitrogens with two attached hydrogens (primary N) is 1. The van der Waals surface area contributed by atoms with Crippen LogP contribution in [0.15, 0.2) is 109 Å². The molecule has 0 spiro atoms. The maximum Gasteiger partial charge on any atom is 0.227 e. The van der Waals surface area contributed by atoms with Gasteiger partial charge < -0.3 is 5.32 Å². The molecule has 0 aliphatic rings. The van der Waals surface area contributed by atoms with Crippen molar-refractivity contribution in [2.75, 3.05) is 5.32 Å². The van der Waals surface area contributed by atoms with Gasteiger partial charge in [0.1, 0.15) is 16.4 Å². The van der Waals surface area contributed by atoms with Crippen LogP contribution in [0.3, 0.4) is 0 Å². The second-order valence-corrected chi connectivity index (χ2v) is 9.22. The Morgan fingerprint density at radius 2 is 1.50 bits per heavy atom. The summed E-state index contributed by atoms with van der Waals surface area (Å²) in [6, 6.07) is 32.2. The van der Waals surface area contributed by atoms with Crippen molar-refractivity contribution in [1.82, 2.24) is 9.97 Å². The van der Waals surface area contributed by atoms with E-state index in [0.717, 1.165) is 28.3 Å². The van der Waals surface area contributed by atoms with E-state index in [-0.39, 0.29) is 5.25 Å². The smallest absolute Gasteiger partial charge is 0.227 e. The van der Waals surface area contributed by atoms with E-state index in [9.17, 15) is 0 Å².